The lowest BCUT2D eigenvalue weighted by Crippen LogP contribution is -2.35. The van der Waals surface area contributed by atoms with Crippen LogP contribution in [-0.4, -0.2) is 55.5 Å². The summed E-state index contributed by atoms with van der Waals surface area (Å²) < 4.78 is 38.6. The second-order valence-electron chi connectivity index (χ2n) is 6.46. The van der Waals surface area contributed by atoms with E-state index in [9.17, 15) is 13.2 Å². The summed E-state index contributed by atoms with van der Waals surface area (Å²) in [6.07, 6.45) is 5.47. The SMILES string of the molecule is COc1ccc(OC)c(NC(=O)Cn2cnc(S(=O)(=O)N3CCCCC3)c2)c1. The van der Waals surface area contributed by atoms with Crippen LogP contribution in [0.4, 0.5) is 5.69 Å². The van der Waals surface area contributed by atoms with Gasteiger partial charge in [-0.3, -0.25) is 4.79 Å². The van der Waals surface area contributed by atoms with Crippen LogP contribution >= 0.6 is 0 Å². The summed E-state index contributed by atoms with van der Waals surface area (Å²) in [5.41, 5.74) is 0.466. The quantitative estimate of drug-likeness (QED) is 0.748. The molecule has 2 aromatic rings. The summed E-state index contributed by atoms with van der Waals surface area (Å²) in [6, 6.07) is 5.06. The highest BCUT2D eigenvalue weighted by Crippen LogP contribution is 2.29. The van der Waals surface area contributed by atoms with Gasteiger partial charge in [-0.2, -0.15) is 4.31 Å². The van der Waals surface area contributed by atoms with Crippen LogP contribution in [0, 0.1) is 0 Å². The average Bonchev–Trinajstić information content (AvgIpc) is 3.17. The van der Waals surface area contributed by atoms with Crippen LogP contribution in [0.1, 0.15) is 19.3 Å². The zero-order valence-electron chi connectivity index (χ0n) is 15.9. The molecule has 1 aromatic carbocycles. The number of nitrogens with one attached hydrogen (secondary N) is 1. The second-order valence-corrected chi connectivity index (χ2v) is 8.35. The van der Waals surface area contributed by atoms with Crippen LogP contribution in [0.5, 0.6) is 11.5 Å². The molecule has 1 N–H and O–H groups in total. The Morgan fingerprint density at radius 2 is 1.93 bits per heavy atom. The van der Waals surface area contributed by atoms with Crippen LogP contribution in [-0.2, 0) is 21.4 Å². The number of benzene rings is 1. The summed E-state index contributed by atoms with van der Waals surface area (Å²) in [5.74, 6) is 0.729. The highest BCUT2D eigenvalue weighted by molar-refractivity contribution is 7.89. The van der Waals surface area contributed by atoms with E-state index in [-0.39, 0.29) is 17.5 Å². The molecule has 1 aliphatic heterocycles. The molecule has 0 unspecified atom stereocenters. The van der Waals surface area contributed by atoms with Crippen molar-refractivity contribution in [1.82, 2.24) is 13.9 Å². The summed E-state index contributed by atoms with van der Waals surface area (Å²) in [4.78, 5) is 16.4. The predicted molar refractivity (Wildman–Crippen MR) is 103 cm³/mol. The van der Waals surface area contributed by atoms with Gasteiger partial charge in [-0.1, -0.05) is 6.42 Å². The Hall–Kier alpha value is -2.59. The second kappa shape index (κ2) is 8.61. The van der Waals surface area contributed by atoms with E-state index < -0.39 is 10.0 Å². The van der Waals surface area contributed by atoms with Gasteiger partial charge in [0, 0.05) is 25.4 Å². The normalized spacial score (nSPS) is 15.2. The third kappa shape index (κ3) is 4.45. The van der Waals surface area contributed by atoms with Crippen LogP contribution in [0.3, 0.4) is 0 Å². The van der Waals surface area contributed by atoms with Crippen LogP contribution in [0.2, 0.25) is 0 Å². The summed E-state index contributed by atoms with van der Waals surface area (Å²) in [7, 11) is -0.586. The zero-order valence-corrected chi connectivity index (χ0v) is 16.7. The Balaban J connectivity index is 1.69. The molecule has 0 aliphatic carbocycles. The largest absolute Gasteiger partial charge is 0.497 e. The molecule has 10 heteroatoms. The standard InChI is InChI=1S/C18H24N4O5S/c1-26-14-6-7-16(27-2)15(10-14)20-17(23)11-21-12-18(19-13-21)28(24,25)22-8-4-3-5-9-22/h6-7,10,12-13H,3-5,8-9,11H2,1-2H3,(H,20,23). The third-order valence-corrected chi connectivity index (χ3v) is 6.32. The molecule has 152 valence electrons. The molecule has 1 amide bonds. The van der Waals surface area contributed by atoms with Crippen molar-refractivity contribution in [2.24, 2.45) is 0 Å². The fraction of sp³-hybridized carbons (Fsp3) is 0.444. The zero-order chi connectivity index (χ0) is 20.1. The number of rotatable bonds is 7. The Kier molecular flexibility index (Phi) is 6.20. The lowest BCUT2D eigenvalue weighted by Gasteiger charge is -2.24. The minimum atomic E-state index is -3.62. The topological polar surface area (TPSA) is 103 Å². The number of nitrogens with zero attached hydrogens (tertiary/aromatic N) is 3. The van der Waals surface area contributed by atoms with E-state index in [0.717, 1.165) is 19.3 Å². The maximum absolute atomic E-state index is 12.7. The van der Waals surface area contributed by atoms with Gasteiger partial charge < -0.3 is 19.4 Å². The minimum Gasteiger partial charge on any atom is -0.497 e. The molecule has 0 atom stereocenters. The van der Waals surface area contributed by atoms with Gasteiger partial charge in [0.25, 0.3) is 10.0 Å². The number of imidazole rings is 1. The summed E-state index contributed by atoms with van der Waals surface area (Å²) >= 11 is 0. The summed E-state index contributed by atoms with van der Waals surface area (Å²) in [5, 5.41) is 2.70. The van der Waals surface area contributed by atoms with Crippen molar-refractivity contribution in [2.45, 2.75) is 30.8 Å². The highest BCUT2D eigenvalue weighted by atomic mass is 32.2. The van der Waals surface area contributed by atoms with E-state index in [1.54, 1.807) is 18.2 Å². The van der Waals surface area contributed by atoms with Gasteiger partial charge in [0.05, 0.1) is 26.2 Å². The molecule has 0 bridgehead atoms. The molecular weight excluding hydrogens is 384 g/mol. The number of sulfonamides is 1. The van der Waals surface area contributed by atoms with E-state index in [1.807, 2.05) is 0 Å². The van der Waals surface area contributed by atoms with Gasteiger partial charge in [-0.05, 0) is 25.0 Å². The number of ether oxygens (including phenoxy) is 2. The fourth-order valence-corrected chi connectivity index (χ4v) is 4.52. The molecule has 1 fully saturated rings. The fourth-order valence-electron chi connectivity index (χ4n) is 3.06. The van der Waals surface area contributed by atoms with Gasteiger partial charge in [0.15, 0.2) is 5.03 Å². The number of aromatic nitrogens is 2. The molecular formula is C18H24N4O5S. The number of amides is 1. The number of carbonyl (C=O) groups is 1. The van der Waals surface area contributed by atoms with Gasteiger partial charge in [0.1, 0.15) is 18.0 Å². The van der Waals surface area contributed by atoms with E-state index >= 15 is 0 Å². The molecule has 0 radical (unpaired) electrons. The van der Waals surface area contributed by atoms with Crippen molar-refractivity contribution in [1.29, 1.82) is 0 Å². The van der Waals surface area contributed by atoms with E-state index in [1.165, 1.54) is 35.6 Å². The van der Waals surface area contributed by atoms with E-state index in [4.69, 9.17) is 9.47 Å². The van der Waals surface area contributed by atoms with Gasteiger partial charge in [0.2, 0.25) is 5.91 Å². The molecule has 3 rings (SSSR count). The van der Waals surface area contributed by atoms with Crippen LogP contribution in [0.15, 0.2) is 35.7 Å². The van der Waals surface area contributed by atoms with Crippen molar-refractivity contribution >= 4 is 21.6 Å². The molecule has 0 spiro atoms. The molecule has 2 heterocycles. The Morgan fingerprint density at radius 1 is 1.18 bits per heavy atom. The first-order valence-corrected chi connectivity index (χ1v) is 10.4. The number of hydrogen-bond donors (Lipinski definition) is 1. The summed E-state index contributed by atoms with van der Waals surface area (Å²) in [6.45, 7) is 0.930. The van der Waals surface area contributed by atoms with Crippen molar-refractivity contribution in [3.63, 3.8) is 0 Å². The molecule has 9 nitrogen and oxygen atoms in total. The number of anilines is 1. The first-order valence-electron chi connectivity index (χ1n) is 8.98. The number of methoxy groups -OCH3 is 2. The molecule has 1 aromatic heterocycles. The minimum absolute atomic E-state index is 0.0406. The predicted octanol–water partition coefficient (Wildman–Crippen LogP) is 1.71. The van der Waals surface area contributed by atoms with Crippen LogP contribution in [0.25, 0.3) is 0 Å². The Morgan fingerprint density at radius 3 is 2.61 bits per heavy atom. The van der Waals surface area contributed by atoms with Crippen molar-refractivity contribution in [3.05, 3.63) is 30.7 Å². The first kappa shape index (κ1) is 20.2. The number of carbonyl (C=O) groups excluding carboxylic acids is 1. The molecule has 1 aliphatic rings. The van der Waals surface area contributed by atoms with Crippen LogP contribution < -0.4 is 14.8 Å². The average molecular weight is 408 g/mol. The first-order chi connectivity index (χ1) is 13.4. The van der Waals surface area contributed by atoms with Gasteiger partial charge in [-0.25, -0.2) is 13.4 Å². The monoisotopic (exact) mass is 408 g/mol. The molecule has 0 saturated carbocycles. The molecule has 1 saturated heterocycles. The van der Waals surface area contributed by atoms with Crippen molar-refractivity contribution in [2.75, 3.05) is 32.6 Å². The third-order valence-electron chi connectivity index (χ3n) is 4.54. The van der Waals surface area contributed by atoms with Crippen molar-refractivity contribution in [3.8, 4) is 11.5 Å². The van der Waals surface area contributed by atoms with Gasteiger partial charge >= 0.3 is 0 Å². The van der Waals surface area contributed by atoms with E-state index in [0.29, 0.717) is 30.3 Å². The lowest BCUT2D eigenvalue weighted by molar-refractivity contribution is -0.116. The smallest absolute Gasteiger partial charge is 0.262 e. The number of piperidine rings is 1. The van der Waals surface area contributed by atoms with Crippen molar-refractivity contribution < 1.29 is 22.7 Å². The lowest BCUT2D eigenvalue weighted by atomic mass is 10.2. The van der Waals surface area contributed by atoms with Gasteiger partial charge in [-0.15, -0.1) is 0 Å². The maximum Gasteiger partial charge on any atom is 0.262 e. The van der Waals surface area contributed by atoms with E-state index in [2.05, 4.69) is 10.3 Å². The highest BCUT2D eigenvalue weighted by Gasteiger charge is 2.28. The Bertz CT molecular complexity index is 935. The Labute approximate surface area is 164 Å². The maximum atomic E-state index is 12.7. The molecule has 28 heavy (non-hydrogen) atoms. The number of hydrogen-bond acceptors (Lipinski definition) is 6.